The molecule has 0 aliphatic heterocycles. The molecule has 2 atom stereocenters. The maximum Gasteiger partial charge on any atom is 0.348 e. The van der Waals surface area contributed by atoms with Gasteiger partial charge in [-0.05, 0) is 43.2 Å². The van der Waals surface area contributed by atoms with Gasteiger partial charge in [0.1, 0.15) is 11.6 Å². The summed E-state index contributed by atoms with van der Waals surface area (Å²) in [5.41, 5.74) is 0.747. The molecule has 0 aromatic heterocycles. The van der Waals surface area contributed by atoms with Gasteiger partial charge < -0.3 is 14.8 Å². The minimum Gasteiger partial charge on any atom is -0.479 e. The largest absolute Gasteiger partial charge is 0.479 e. The van der Waals surface area contributed by atoms with Crippen LogP contribution in [-0.4, -0.2) is 24.1 Å². The lowest BCUT2D eigenvalue weighted by Gasteiger charge is -2.19. The standard InChI is InChI=1S/C20H22FNO4/c1-3-18(26-17-7-5-4-6-8-17)20(24)25-14(2)19(23)22-13-15-9-11-16(21)12-10-15/h4-12,14,18H,3,13H2,1-2H3,(H,22,23)/t14-,18+/m1/s1. The van der Waals surface area contributed by atoms with Crippen molar-refractivity contribution in [1.29, 1.82) is 0 Å². The van der Waals surface area contributed by atoms with Crippen molar-refractivity contribution in [2.45, 2.75) is 39.0 Å². The van der Waals surface area contributed by atoms with Gasteiger partial charge in [0, 0.05) is 6.54 Å². The van der Waals surface area contributed by atoms with Crippen molar-refractivity contribution in [2.24, 2.45) is 0 Å². The van der Waals surface area contributed by atoms with E-state index in [0.717, 1.165) is 5.56 Å². The SMILES string of the molecule is CC[C@H](Oc1ccccc1)C(=O)O[C@H](C)C(=O)NCc1ccc(F)cc1. The van der Waals surface area contributed by atoms with Crippen molar-refractivity contribution in [3.05, 3.63) is 66.0 Å². The topological polar surface area (TPSA) is 64.6 Å². The van der Waals surface area contributed by atoms with Gasteiger partial charge in [0.05, 0.1) is 0 Å². The molecule has 26 heavy (non-hydrogen) atoms. The maximum absolute atomic E-state index is 12.9. The predicted molar refractivity (Wildman–Crippen MR) is 94.9 cm³/mol. The number of hydrogen-bond acceptors (Lipinski definition) is 4. The van der Waals surface area contributed by atoms with Crippen LogP contribution in [0.1, 0.15) is 25.8 Å². The van der Waals surface area contributed by atoms with Crippen LogP contribution >= 0.6 is 0 Å². The molecule has 0 radical (unpaired) electrons. The minimum absolute atomic E-state index is 0.221. The molecule has 6 heteroatoms. The Balaban J connectivity index is 1.84. The third kappa shape index (κ3) is 5.88. The Morgan fingerprint density at radius 1 is 1.08 bits per heavy atom. The van der Waals surface area contributed by atoms with Crippen LogP contribution in [0.5, 0.6) is 5.75 Å². The van der Waals surface area contributed by atoms with E-state index in [1.807, 2.05) is 6.07 Å². The lowest BCUT2D eigenvalue weighted by atomic mass is 10.2. The molecule has 0 fully saturated rings. The molecule has 5 nitrogen and oxygen atoms in total. The molecule has 1 N–H and O–H groups in total. The Labute approximate surface area is 152 Å². The van der Waals surface area contributed by atoms with Crippen molar-refractivity contribution in [3.63, 3.8) is 0 Å². The lowest BCUT2D eigenvalue weighted by molar-refractivity contribution is -0.161. The Hall–Kier alpha value is -2.89. The fraction of sp³-hybridized carbons (Fsp3) is 0.300. The molecule has 2 rings (SSSR count). The molecular weight excluding hydrogens is 337 g/mol. The van der Waals surface area contributed by atoms with E-state index in [4.69, 9.17) is 9.47 Å². The average Bonchev–Trinajstić information content (AvgIpc) is 2.66. The lowest BCUT2D eigenvalue weighted by Crippen LogP contribution is -2.39. The van der Waals surface area contributed by atoms with Crippen molar-refractivity contribution < 1.29 is 23.5 Å². The van der Waals surface area contributed by atoms with Gasteiger partial charge in [-0.3, -0.25) is 4.79 Å². The molecule has 0 aliphatic rings. The molecule has 0 saturated heterocycles. The first-order chi connectivity index (χ1) is 12.5. The second-order valence-electron chi connectivity index (χ2n) is 5.75. The summed E-state index contributed by atoms with van der Waals surface area (Å²) in [6, 6.07) is 14.7. The Morgan fingerprint density at radius 2 is 1.73 bits per heavy atom. The Bertz CT molecular complexity index is 718. The molecule has 0 spiro atoms. The number of rotatable bonds is 8. The summed E-state index contributed by atoms with van der Waals surface area (Å²) in [6.45, 7) is 3.51. The van der Waals surface area contributed by atoms with E-state index in [9.17, 15) is 14.0 Å². The monoisotopic (exact) mass is 359 g/mol. The summed E-state index contributed by atoms with van der Waals surface area (Å²) < 4.78 is 23.7. The van der Waals surface area contributed by atoms with Crippen LogP contribution in [0, 0.1) is 5.82 Å². The van der Waals surface area contributed by atoms with Gasteiger partial charge in [-0.15, -0.1) is 0 Å². The summed E-state index contributed by atoms with van der Waals surface area (Å²) in [6.07, 6.45) is -1.33. The predicted octanol–water partition coefficient (Wildman–Crippen LogP) is 3.23. The molecule has 2 aromatic carbocycles. The number of ether oxygens (including phenoxy) is 2. The first-order valence-corrected chi connectivity index (χ1v) is 8.44. The zero-order chi connectivity index (χ0) is 18.9. The summed E-state index contributed by atoms with van der Waals surface area (Å²) >= 11 is 0. The number of carbonyl (C=O) groups is 2. The molecular formula is C20H22FNO4. The molecule has 0 heterocycles. The molecule has 0 aliphatic carbocycles. The smallest absolute Gasteiger partial charge is 0.348 e. The van der Waals surface area contributed by atoms with E-state index in [1.165, 1.54) is 19.1 Å². The van der Waals surface area contributed by atoms with Gasteiger partial charge in [-0.1, -0.05) is 37.3 Å². The average molecular weight is 359 g/mol. The molecule has 138 valence electrons. The zero-order valence-corrected chi connectivity index (χ0v) is 14.8. The Morgan fingerprint density at radius 3 is 2.35 bits per heavy atom. The molecule has 0 saturated carbocycles. The number of para-hydroxylation sites is 1. The summed E-state index contributed by atoms with van der Waals surface area (Å²) in [7, 11) is 0. The van der Waals surface area contributed by atoms with Crippen LogP contribution in [0.15, 0.2) is 54.6 Å². The van der Waals surface area contributed by atoms with Crippen molar-refractivity contribution in [2.75, 3.05) is 0 Å². The third-order valence-electron chi connectivity index (χ3n) is 3.70. The number of carbonyl (C=O) groups excluding carboxylic acids is 2. The van der Waals surface area contributed by atoms with E-state index in [0.29, 0.717) is 12.2 Å². The molecule has 0 bridgehead atoms. The summed E-state index contributed by atoms with van der Waals surface area (Å²) in [4.78, 5) is 24.3. The van der Waals surface area contributed by atoms with Crippen LogP contribution < -0.4 is 10.1 Å². The third-order valence-corrected chi connectivity index (χ3v) is 3.70. The maximum atomic E-state index is 12.9. The number of halogens is 1. The zero-order valence-electron chi connectivity index (χ0n) is 14.8. The van der Waals surface area contributed by atoms with Crippen LogP contribution in [0.25, 0.3) is 0 Å². The van der Waals surface area contributed by atoms with E-state index in [2.05, 4.69) is 5.32 Å². The van der Waals surface area contributed by atoms with Crippen molar-refractivity contribution in [1.82, 2.24) is 5.32 Å². The number of hydrogen-bond donors (Lipinski definition) is 1. The van der Waals surface area contributed by atoms with Crippen molar-refractivity contribution in [3.8, 4) is 5.75 Å². The van der Waals surface area contributed by atoms with Crippen LogP contribution in [-0.2, 0) is 20.9 Å². The van der Waals surface area contributed by atoms with E-state index in [1.54, 1.807) is 43.3 Å². The number of nitrogens with one attached hydrogen (secondary N) is 1. The highest BCUT2D eigenvalue weighted by molar-refractivity contribution is 5.84. The second-order valence-corrected chi connectivity index (χ2v) is 5.75. The number of amides is 1. The van der Waals surface area contributed by atoms with Crippen LogP contribution in [0.3, 0.4) is 0 Å². The highest BCUT2D eigenvalue weighted by Crippen LogP contribution is 2.14. The van der Waals surface area contributed by atoms with Gasteiger partial charge in [-0.2, -0.15) is 0 Å². The fourth-order valence-electron chi connectivity index (χ4n) is 2.20. The van der Waals surface area contributed by atoms with E-state index >= 15 is 0 Å². The molecule has 1 amide bonds. The van der Waals surface area contributed by atoms with Gasteiger partial charge in [0.15, 0.2) is 12.2 Å². The van der Waals surface area contributed by atoms with E-state index < -0.39 is 24.1 Å². The van der Waals surface area contributed by atoms with Crippen LogP contribution in [0.4, 0.5) is 4.39 Å². The van der Waals surface area contributed by atoms with Gasteiger partial charge in [0.25, 0.3) is 5.91 Å². The first-order valence-electron chi connectivity index (χ1n) is 8.44. The second kappa shape index (κ2) is 9.56. The fourth-order valence-corrected chi connectivity index (χ4v) is 2.20. The highest BCUT2D eigenvalue weighted by atomic mass is 19.1. The molecule has 0 unspecified atom stereocenters. The first kappa shape index (κ1) is 19.4. The minimum atomic E-state index is -0.962. The highest BCUT2D eigenvalue weighted by Gasteiger charge is 2.25. The summed E-state index contributed by atoms with van der Waals surface area (Å²) in [5.74, 6) is -0.811. The van der Waals surface area contributed by atoms with Crippen molar-refractivity contribution >= 4 is 11.9 Å². The normalized spacial score (nSPS) is 12.7. The summed E-state index contributed by atoms with van der Waals surface area (Å²) in [5, 5.41) is 2.65. The molecule has 2 aromatic rings. The van der Waals surface area contributed by atoms with Gasteiger partial charge >= 0.3 is 5.97 Å². The van der Waals surface area contributed by atoms with Crippen LogP contribution in [0.2, 0.25) is 0 Å². The number of benzene rings is 2. The van der Waals surface area contributed by atoms with Gasteiger partial charge in [0.2, 0.25) is 0 Å². The number of esters is 1. The quantitative estimate of drug-likeness (QED) is 0.735. The Kier molecular flexibility index (Phi) is 7.14. The van der Waals surface area contributed by atoms with Gasteiger partial charge in [-0.25, -0.2) is 9.18 Å². The van der Waals surface area contributed by atoms with E-state index in [-0.39, 0.29) is 12.4 Å².